The molecule has 1 aliphatic rings. The number of fused-ring (bicyclic) bond motifs is 2. The van der Waals surface area contributed by atoms with Gasteiger partial charge in [0.1, 0.15) is 11.6 Å². The van der Waals surface area contributed by atoms with Crippen LogP contribution in [0.25, 0.3) is 11.0 Å². The highest BCUT2D eigenvalue weighted by molar-refractivity contribution is 5.96. The van der Waals surface area contributed by atoms with Gasteiger partial charge in [0.2, 0.25) is 0 Å². The number of nitriles is 1. The number of amides is 1. The van der Waals surface area contributed by atoms with Crippen molar-refractivity contribution in [3.8, 4) is 6.07 Å². The van der Waals surface area contributed by atoms with E-state index in [0.717, 1.165) is 27.9 Å². The van der Waals surface area contributed by atoms with Crippen LogP contribution in [0.5, 0.6) is 0 Å². The third kappa shape index (κ3) is 2.43. The summed E-state index contributed by atoms with van der Waals surface area (Å²) in [4.78, 5) is 23.3. The van der Waals surface area contributed by atoms with E-state index in [0.29, 0.717) is 30.6 Å². The van der Waals surface area contributed by atoms with Crippen LogP contribution in [-0.2, 0) is 20.0 Å². The lowest BCUT2D eigenvalue weighted by Crippen LogP contribution is -2.36. The normalized spacial score (nSPS) is 13.6. The highest BCUT2D eigenvalue weighted by Crippen LogP contribution is 2.24. The molecule has 25 heavy (non-hydrogen) atoms. The first kappa shape index (κ1) is 15.3. The van der Waals surface area contributed by atoms with Crippen LogP contribution in [0, 0.1) is 18.3 Å². The summed E-state index contributed by atoms with van der Waals surface area (Å²) in [5.41, 5.74) is 5.47. The van der Waals surface area contributed by atoms with Gasteiger partial charge in [0.25, 0.3) is 5.91 Å². The molecule has 0 N–H and O–H groups in total. The molecular weight excluding hydrogens is 316 g/mol. The third-order valence-corrected chi connectivity index (χ3v) is 4.70. The van der Waals surface area contributed by atoms with Gasteiger partial charge >= 0.3 is 0 Å². The monoisotopic (exact) mass is 332 g/mol. The predicted octanol–water partition coefficient (Wildman–Crippen LogP) is 1.74. The Labute approximate surface area is 144 Å². The Kier molecular flexibility index (Phi) is 3.46. The molecule has 7 nitrogen and oxygen atoms in total. The summed E-state index contributed by atoms with van der Waals surface area (Å²) in [5, 5.41) is 13.5. The minimum absolute atomic E-state index is 0.0691. The van der Waals surface area contributed by atoms with Crippen molar-refractivity contribution in [2.75, 3.05) is 6.54 Å². The van der Waals surface area contributed by atoms with Crippen LogP contribution in [0.2, 0.25) is 0 Å². The number of rotatable bonds is 1. The van der Waals surface area contributed by atoms with Gasteiger partial charge in [-0.15, -0.1) is 0 Å². The first-order chi connectivity index (χ1) is 12.1. The molecule has 0 spiro atoms. The van der Waals surface area contributed by atoms with E-state index in [2.05, 4.69) is 21.1 Å². The number of carbonyl (C=O) groups is 1. The number of hydrogen-bond acceptors (Lipinski definition) is 5. The van der Waals surface area contributed by atoms with Gasteiger partial charge in [0.15, 0.2) is 0 Å². The fourth-order valence-electron chi connectivity index (χ4n) is 3.30. The standard InChI is InChI=1S/C18H16N6O/c1-11-15(6-19)14-3-4-24(10-13(14)8-20-11)18(25)12-5-17-16(21-7-12)9-22-23(17)2/h5,7-9H,3-4,10H2,1-2H3. The van der Waals surface area contributed by atoms with Crippen LogP contribution in [0.3, 0.4) is 0 Å². The van der Waals surface area contributed by atoms with Crippen LogP contribution in [0.15, 0.2) is 24.7 Å². The molecule has 0 aliphatic carbocycles. The Morgan fingerprint density at radius 2 is 2.12 bits per heavy atom. The maximum Gasteiger partial charge on any atom is 0.255 e. The SMILES string of the molecule is Cc1ncc2c(c1C#N)CCN(C(=O)c1cnc3cnn(C)c3c1)C2. The van der Waals surface area contributed by atoms with Crippen molar-refractivity contribution in [1.29, 1.82) is 5.26 Å². The van der Waals surface area contributed by atoms with Gasteiger partial charge in [-0.25, -0.2) is 0 Å². The molecule has 124 valence electrons. The van der Waals surface area contributed by atoms with Crippen molar-refractivity contribution in [3.05, 3.63) is 52.6 Å². The van der Waals surface area contributed by atoms with Crippen molar-refractivity contribution in [3.63, 3.8) is 0 Å². The van der Waals surface area contributed by atoms with E-state index in [-0.39, 0.29) is 5.91 Å². The molecule has 7 heteroatoms. The first-order valence-electron chi connectivity index (χ1n) is 8.03. The lowest BCUT2D eigenvalue weighted by molar-refractivity contribution is 0.0734. The van der Waals surface area contributed by atoms with Gasteiger partial charge in [-0.1, -0.05) is 0 Å². The van der Waals surface area contributed by atoms with E-state index in [1.165, 1.54) is 0 Å². The lowest BCUT2D eigenvalue weighted by Gasteiger charge is -2.29. The molecule has 0 unspecified atom stereocenters. The van der Waals surface area contributed by atoms with E-state index in [1.807, 2.05) is 20.0 Å². The lowest BCUT2D eigenvalue weighted by atomic mass is 9.95. The van der Waals surface area contributed by atoms with Crippen LogP contribution >= 0.6 is 0 Å². The van der Waals surface area contributed by atoms with Crippen molar-refractivity contribution in [2.45, 2.75) is 19.9 Å². The highest BCUT2D eigenvalue weighted by Gasteiger charge is 2.25. The number of hydrogen-bond donors (Lipinski definition) is 0. The molecule has 4 rings (SSSR count). The Bertz CT molecular complexity index is 1050. The average Bonchev–Trinajstić information content (AvgIpc) is 3.01. The van der Waals surface area contributed by atoms with Crippen LogP contribution in [0.4, 0.5) is 0 Å². The summed E-state index contributed by atoms with van der Waals surface area (Å²) in [6.45, 7) is 2.87. The Morgan fingerprint density at radius 3 is 2.92 bits per heavy atom. The molecule has 1 amide bonds. The minimum Gasteiger partial charge on any atom is -0.334 e. The Morgan fingerprint density at radius 1 is 1.28 bits per heavy atom. The van der Waals surface area contributed by atoms with Crippen molar-refractivity contribution < 1.29 is 4.79 Å². The second-order valence-corrected chi connectivity index (χ2v) is 6.21. The van der Waals surface area contributed by atoms with Crippen LogP contribution in [0.1, 0.15) is 32.7 Å². The van der Waals surface area contributed by atoms with Gasteiger partial charge in [0, 0.05) is 32.5 Å². The Hall–Kier alpha value is -3.27. The number of aromatic nitrogens is 4. The van der Waals surface area contributed by atoms with Crippen molar-refractivity contribution in [1.82, 2.24) is 24.6 Å². The number of nitrogens with zero attached hydrogens (tertiary/aromatic N) is 6. The smallest absolute Gasteiger partial charge is 0.255 e. The van der Waals surface area contributed by atoms with Gasteiger partial charge in [-0.05, 0) is 30.5 Å². The molecule has 0 atom stereocenters. The zero-order chi connectivity index (χ0) is 17.6. The summed E-state index contributed by atoms with van der Waals surface area (Å²) in [5.74, 6) is -0.0691. The molecule has 3 aromatic rings. The quantitative estimate of drug-likeness (QED) is 0.677. The third-order valence-electron chi connectivity index (χ3n) is 4.70. The van der Waals surface area contributed by atoms with E-state index >= 15 is 0 Å². The van der Waals surface area contributed by atoms with E-state index in [4.69, 9.17) is 0 Å². The van der Waals surface area contributed by atoms with Crippen molar-refractivity contribution >= 4 is 16.9 Å². The van der Waals surface area contributed by atoms with E-state index in [1.54, 1.807) is 28.2 Å². The minimum atomic E-state index is -0.0691. The van der Waals surface area contributed by atoms with Gasteiger partial charge in [-0.3, -0.25) is 19.4 Å². The maximum atomic E-state index is 12.9. The predicted molar refractivity (Wildman–Crippen MR) is 90.6 cm³/mol. The van der Waals surface area contributed by atoms with Crippen LogP contribution < -0.4 is 0 Å². The molecule has 0 saturated carbocycles. The molecule has 3 aromatic heterocycles. The number of carbonyl (C=O) groups excluding carboxylic acids is 1. The highest BCUT2D eigenvalue weighted by atomic mass is 16.2. The maximum absolute atomic E-state index is 12.9. The number of pyridine rings is 2. The topological polar surface area (TPSA) is 87.7 Å². The molecule has 4 heterocycles. The molecule has 0 fully saturated rings. The molecule has 0 saturated heterocycles. The summed E-state index contributed by atoms with van der Waals surface area (Å²) >= 11 is 0. The summed E-state index contributed by atoms with van der Waals surface area (Å²) in [6, 6.07) is 4.06. The van der Waals surface area contributed by atoms with Crippen molar-refractivity contribution in [2.24, 2.45) is 7.05 Å². The molecule has 0 bridgehead atoms. The summed E-state index contributed by atoms with van der Waals surface area (Å²) < 4.78 is 1.70. The largest absolute Gasteiger partial charge is 0.334 e. The molecular formula is C18H16N6O. The molecule has 0 radical (unpaired) electrons. The van der Waals surface area contributed by atoms with Crippen LogP contribution in [-0.4, -0.2) is 37.1 Å². The molecule has 0 aromatic carbocycles. The average molecular weight is 332 g/mol. The van der Waals surface area contributed by atoms with Gasteiger partial charge < -0.3 is 4.90 Å². The summed E-state index contributed by atoms with van der Waals surface area (Å²) in [7, 11) is 1.83. The fraction of sp³-hybridized carbons (Fsp3) is 0.278. The zero-order valence-electron chi connectivity index (χ0n) is 14.0. The van der Waals surface area contributed by atoms with Gasteiger partial charge in [-0.2, -0.15) is 10.4 Å². The summed E-state index contributed by atoms with van der Waals surface area (Å²) in [6.07, 6.45) is 5.70. The van der Waals surface area contributed by atoms with E-state index < -0.39 is 0 Å². The first-order valence-corrected chi connectivity index (χ1v) is 8.03. The Balaban J connectivity index is 1.65. The fourth-order valence-corrected chi connectivity index (χ4v) is 3.30. The van der Waals surface area contributed by atoms with Gasteiger partial charge in [0.05, 0.1) is 28.5 Å². The second-order valence-electron chi connectivity index (χ2n) is 6.21. The molecule has 1 aliphatic heterocycles. The number of aryl methyl sites for hydroxylation is 2. The second kappa shape index (κ2) is 5.67. The zero-order valence-corrected chi connectivity index (χ0v) is 14.0. The van der Waals surface area contributed by atoms with E-state index in [9.17, 15) is 10.1 Å².